The van der Waals surface area contributed by atoms with E-state index in [1.54, 1.807) is 0 Å². The van der Waals surface area contributed by atoms with Crippen LogP contribution in [0.2, 0.25) is 0 Å². The number of likely N-dealkylation sites (tertiary alicyclic amines) is 1. The minimum atomic E-state index is -0.382. The Hall–Kier alpha value is -2.40. The zero-order valence-electron chi connectivity index (χ0n) is 18.0. The maximum atomic E-state index is 13.3. The monoisotopic (exact) mass is 409 g/mol. The van der Waals surface area contributed by atoms with Gasteiger partial charge in [-0.3, -0.25) is 14.5 Å². The van der Waals surface area contributed by atoms with Crippen molar-refractivity contribution in [3.63, 3.8) is 0 Å². The van der Waals surface area contributed by atoms with Crippen LogP contribution in [-0.4, -0.2) is 59.4 Å². The van der Waals surface area contributed by atoms with Crippen molar-refractivity contribution in [3.8, 4) is 0 Å². The lowest BCUT2D eigenvalue weighted by Crippen LogP contribution is -2.57. The average molecular weight is 410 g/mol. The molecule has 2 amide bonds. The third-order valence-corrected chi connectivity index (χ3v) is 6.51. The van der Waals surface area contributed by atoms with Crippen LogP contribution in [0.4, 0.5) is 0 Å². The van der Waals surface area contributed by atoms with Crippen molar-refractivity contribution in [1.29, 1.82) is 0 Å². The number of nitrogens with one attached hydrogen (secondary N) is 1. The first kappa shape index (κ1) is 22.3. The molecular formula is C25H35N3O2. The highest BCUT2D eigenvalue weighted by atomic mass is 16.2. The van der Waals surface area contributed by atoms with E-state index >= 15 is 0 Å². The lowest BCUT2D eigenvalue weighted by Gasteiger charge is -2.40. The van der Waals surface area contributed by atoms with Gasteiger partial charge in [0.1, 0.15) is 0 Å². The largest absolute Gasteiger partial charge is 0.353 e. The number of carbonyl (C=O) groups excluding carboxylic acids is 2. The predicted molar refractivity (Wildman–Crippen MR) is 121 cm³/mol. The molecule has 1 N–H and O–H groups in total. The molecule has 0 saturated carbocycles. The summed E-state index contributed by atoms with van der Waals surface area (Å²) in [6.07, 6.45) is 9.49. The number of rotatable bonds is 10. The molecule has 0 aromatic heterocycles. The van der Waals surface area contributed by atoms with E-state index in [1.165, 1.54) is 5.56 Å². The predicted octanol–water partition coefficient (Wildman–Crippen LogP) is 3.32. The van der Waals surface area contributed by atoms with Crippen molar-refractivity contribution >= 4 is 11.8 Å². The molecule has 0 spiro atoms. The molecule has 0 radical (unpaired) electrons. The fraction of sp³-hybridized carbons (Fsp3) is 0.520. The summed E-state index contributed by atoms with van der Waals surface area (Å²) < 4.78 is 0. The summed E-state index contributed by atoms with van der Waals surface area (Å²) in [4.78, 5) is 30.2. The summed E-state index contributed by atoms with van der Waals surface area (Å²) in [6.45, 7) is 10.8. The number of carbonyl (C=O) groups is 2. The molecule has 2 aliphatic rings. The van der Waals surface area contributed by atoms with Crippen LogP contribution in [-0.2, 0) is 16.0 Å². The van der Waals surface area contributed by atoms with E-state index in [1.807, 2.05) is 23.1 Å². The molecule has 1 aromatic carbocycles. The van der Waals surface area contributed by atoms with Gasteiger partial charge in [0.25, 0.3) is 0 Å². The summed E-state index contributed by atoms with van der Waals surface area (Å²) in [5, 5.41) is 2.95. The maximum absolute atomic E-state index is 13.3. The van der Waals surface area contributed by atoms with Gasteiger partial charge in [-0.1, -0.05) is 42.5 Å². The fourth-order valence-electron chi connectivity index (χ4n) is 5.03. The number of benzene rings is 1. The Balaban J connectivity index is 1.63. The SMILES string of the molecule is C=CCC1(CC=C)CCCN1C(=O)CC1C(=O)NCCN1CCCc1ccccc1. The van der Waals surface area contributed by atoms with Gasteiger partial charge in [0.2, 0.25) is 11.8 Å². The van der Waals surface area contributed by atoms with Crippen LogP contribution in [0.5, 0.6) is 0 Å². The van der Waals surface area contributed by atoms with Gasteiger partial charge >= 0.3 is 0 Å². The van der Waals surface area contributed by atoms with Crippen LogP contribution >= 0.6 is 0 Å². The zero-order valence-corrected chi connectivity index (χ0v) is 18.0. The van der Waals surface area contributed by atoms with Crippen molar-refractivity contribution in [3.05, 3.63) is 61.2 Å². The van der Waals surface area contributed by atoms with Crippen molar-refractivity contribution in [1.82, 2.24) is 15.1 Å². The second kappa shape index (κ2) is 10.6. The van der Waals surface area contributed by atoms with Crippen molar-refractivity contribution < 1.29 is 9.59 Å². The van der Waals surface area contributed by atoms with Crippen LogP contribution in [0.1, 0.15) is 44.1 Å². The molecular weight excluding hydrogens is 374 g/mol. The van der Waals surface area contributed by atoms with E-state index in [4.69, 9.17) is 0 Å². The van der Waals surface area contributed by atoms with E-state index < -0.39 is 0 Å². The van der Waals surface area contributed by atoms with Crippen LogP contribution in [0.3, 0.4) is 0 Å². The summed E-state index contributed by atoms with van der Waals surface area (Å²) in [5.41, 5.74) is 1.09. The van der Waals surface area contributed by atoms with Gasteiger partial charge < -0.3 is 10.2 Å². The van der Waals surface area contributed by atoms with Gasteiger partial charge in [-0.2, -0.15) is 0 Å². The molecule has 2 saturated heterocycles. The Morgan fingerprint density at radius 1 is 1.17 bits per heavy atom. The normalized spacial score (nSPS) is 21.3. The number of aryl methyl sites for hydroxylation is 1. The molecule has 0 bridgehead atoms. The lowest BCUT2D eigenvalue weighted by atomic mass is 9.87. The van der Waals surface area contributed by atoms with Gasteiger partial charge in [0, 0.05) is 25.2 Å². The molecule has 1 unspecified atom stereocenters. The molecule has 1 atom stereocenters. The Kier molecular flexibility index (Phi) is 7.86. The quantitative estimate of drug-likeness (QED) is 0.603. The Morgan fingerprint density at radius 3 is 2.60 bits per heavy atom. The molecule has 3 rings (SSSR count). The summed E-state index contributed by atoms with van der Waals surface area (Å²) >= 11 is 0. The van der Waals surface area contributed by atoms with E-state index in [2.05, 4.69) is 47.6 Å². The number of piperazine rings is 1. The molecule has 5 heteroatoms. The average Bonchev–Trinajstić information content (AvgIpc) is 3.15. The van der Waals surface area contributed by atoms with Crippen molar-refractivity contribution in [2.45, 2.75) is 56.5 Å². The highest BCUT2D eigenvalue weighted by Gasteiger charge is 2.43. The summed E-state index contributed by atoms with van der Waals surface area (Å²) in [5.74, 6) is 0.0536. The van der Waals surface area contributed by atoms with E-state index in [-0.39, 0.29) is 29.8 Å². The molecule has 1 aromatic rings. The highest BCUT2D eigenvalue weighted by molar-refractivity contribution is 5.89. The summed E-state index contributed by atoms with van der Waals surface area (Å²) in [6, 6.07) is 10.0. The van der Waals surface area contributed by atoms with Gasteiger partial charge in [-0.05, 0) is 50.6 Å². The Morgan fingerprint density at radius 2 is 1.90 bits per heavy atom. The van der Waals surface area contributed by atoms with Gasteiger partial charge in [-0.15, -0.1) is 13.2 Å². The molecule has 2 fully saturated rings. The Bertz CT molecular complexity index is 736. The fourth-order valence-corrected chi connectivity index (χ4v) is 5.03. The van der Waals surface area contributed by atoms with Crippen molar-refractivity contribution in [2.75, 3.05) is 26.2 Å². The number of nitrogens with zero attached hydrogens (tertiary/aromatic N) is 2. The van der Waals surface area contributed by atoms with Crippen LogP contribution in [0.25, 0.3) is 0 Å². The maximum Gasteiger partial charge on any atom is 0.237 e. The number of amides is 2. The standard InChI is InChI=1S/C25H35N3O2/c1-3-13-25(14-4-2)15-9-18-28(25)23(29)20-22-24(30)26-16-19-27(22)17-8-12-21-10-6-5-7-11-21/h3-7,10-11,22H,1-2,8-9,12-20H2,(H,26,30). The van der Waals surface area contributed by atoms with E-state index in [9.17, 15) is 9.59 Å². The summed E-state index contributed by atoms with van der Waals surface area (Å²) in [7, 11) is 0. The second-order valence-electron chi connectivity index (χ2n) is 8.49. The number of hydrogen-bond acceptors (Lipinski definition) is 3. The first-order chi connectivity index (χ1) is 14.6. The minimum absolute atomic E-state index is 0.0217. The van der Waals surface area contributed by atoms with Gasteiger partial charge in [0.15, 0.2) is 0 Å². The first-order valence-corrected chi connectivity index (χ1v) is 11.2. The zero-order chi connectivity index (χ0) is 21.4. The van der Waals surface area contributed by atoms with Crippen LogP contribution < -0.4 is 5.32 Å². The molecule has 30 heavy (non-hydrogen) atoms. The van der Waals surface area contributed by atoms with Crippen LogP contribution in [0.15, 0.2) is 55.6 Å². The smallest absolute Gasteiger partial charge is 0.237 e. The highest BCUT2D eigenvalue weighted by Crippen LogP contribution is 2.37. The molecule has 2 aliphatic heterocycles. The van der Waals surface area contributed by atoms with E-state index in [0.29, 0.717) is 6.54 Å². The topological polar surface area (TPSA) is 52.7 Å². The second-order valence-corrected chi connectivity index (χ2v) is 8.49. The molecule has 2 heterocycles. The lowest BCUT2D eigenvalue weighted by molar-refractivity contribution is -0.141. The molecule has 162 valence electrons. The van der Waals surface area contributed by atoms with Gasteiger partial charge in [0.05, 0.1) is 12.5 Å². The first-order valence-electron chi connectivity index (χ1n) is 11.2. The van der Waals surface area contributed by atoms with Crippen LogP contribution in [0, 0.1) is 0 Å². The third kappa shape index (κ3) is 5.20. The molecule has 5 nitrogen and oxygen atoms in total. The Labute approximate surface area is 180 Å². The molecule has 0 aliphatic carbocycles. The third-order valence-electron chi connectivity index (χ3n) is 6.51. The number of hydrogen-bond donors (Lipinski definition) is 1. The minimum Gasteiger partial charge on any atom is -0.353 e. The van der Waals surface area contributed by atoms with Gasteiger partial charge in [-0.25, -0.2) is 0 Å². The van der Waals surface area contributed by atoms with E-state index in [0.717, 1.165) is 58.2 Å². The van der Waals surface area contributed by atoms with Crippen molar-refractivity contribution in [2.24, 2.45) is 0 Å².